The number of ether oxygens (including phenoxy) is 1. The maximum absolute atomic E-state index is 9.13. The molecule has 0 spiro atoms. The summed E-state index contributed by atoms with van der Waals surface area (Å²) in [6, 6.07) is 7.87. The lowest BCUT2D eigenvalue weighted by Gasteiger charge is -2.28. The molecule has 3 nitrogen and oxygen atoms in total. The Morgan fingerprint density at radius 2 is 1.95 bits per heavy atom. The molecule has 0 heterocycles. The van der Waals surface area contributed by atoms with E-state index in [0.29, 0.717) is 17.9 Å². The first-order chi connectivity index (χ1) is 9.13. The number of nitrogens with two attached hydrogens (primary N) is 1. The normalized spacial score (nSPS) is 18.4. The third-order valence-corrected chi connectivity index (χ3v) is 3.87. The van der Waals surface area contributed by atoms with Crippen molar-refractivity contribution in [2.24, 2.45) is 5.73 Å². The van der Waals surface area contributed by atoms with Crippen molar-refractivity contribution in [2.75, 3.05) is 6.61 Å². The Bertz CT molecular complexity index is 468. The maximum atomic E-state index is 9.13. The summed E-state index contributed by atoms with van der Waals surface area (Å²) in [4.78, 5) is 0. The van der Waals surface area contributed by atoms with E-state index >= 15 is 0 Å². The Hall–Kier alpha value is -1.53. The fraction of sp³-hybridized carbons (Fsp3) is 0.562. The summed E-state index contributed by atoms with van der Waals surface area (Å²) < 4.78 is 5.83. The number of hydrogen-bond acceptors (Lipinski definition) is 3. The van der Waals surface area contributed by atoms with Gasteiger partial charge in [0.05, 0.1) is 11.1 Å². The predicted octanol–water partition coefficient (Wildman–Crippen LogP) is 3.30. The van der Waals surface area contributed by atoms with Gasteiger partial charge < -0.3 is 10.5 Å². The molecule has 1 fully saturated rings. The lowest BCUT2D eigenvalue weighted by atomic mass is 9.92. The number of benzene rings is 1. The van der Waals surface area contributed by atoms with Gasteiger partial charge in [0.1, 0.15) is 18.4 Å². The van der Waals surface area contributed by atoms with Crippen LogP contribution in [0, 0.1) is 18.3 Å². The van der Waals surface area contributed by atoms with Gasteiger partial charge in [0, 0.05) is 0 Å². The van der Waals surface area contributed by atoms with Crippen LogP contribution in [0.1, 0.15) is 49.7 Å². The van der Waals surface area contributed by atoms with Gasteiger partial charge in [-0.2, -0.15) is 5.26 Å². The quantitative estimate of drug-likeness (QED) is 0.846. The van der Waals surface area contributed by atoms with Crippen LogP contribution >= 0.6 is 0 Å². The number of nitrogens with zero attached hydrogens (tertiary/aromatic N) is 1. The minimum Gasteiger partial charge on any atom is -0.490 e. The first-order valence-corrected chi connectivity index (χ1v) is 7.05. The molecule has 102 valence electrons. The average molecular weight is 258 g/mol. The molecule has 0 atom stereocenters. The zero-order chi connectivity index (χ0) is 13.7. The minimum absolute atomic E-state index is 0.228. The Kier molecular flexibility index (Phi) is 4.44. The van der Waals surface area contributed by atoms with E-state index in [4.69, 9.17) is 15.7 Å². The molecule has 0 bridgehead atoms. The van der Waals surface area contributed by atoms with E-state index in [2.05, 4.69) is 6.07 Å². The number of aryl methyl sites for hydroxylation is 1. The molecule has 0 unspecified atom stereocenters. The van der Waals surface area contributed by atoms with Gasteiger partial charge in [0.15, 0.2) is 0 Å². The first kappa shape index (κ1) is 13.9. The lowest BCUT2D eigenvalue weighted by Crippen LogP contribution is -2.45. The molecule has 1 aromatic rings. The van der Waals surface area contributed by atoms with Crippen LogP contribution in [0.25, 0.3) is 0 Å². The third-order valence-electron chi connectivity index (χ3n) is 3.87. The van der Waals surface area contributed by atoms with E-state index in [1.54, 1.807) is 0 Å². The van der Waals surface area contributed by atoms with Gasteiger partial charge in [0.25, 0.3) is 0 Å². The zero-order valence-corrected chi connectivity index (χ0v) is 11.6. The second-order valence-corrected chi connectivity index (χ2v) is 5.68. The standard InChI is InChI=1S/C16H22N2O/c1-13-6-7-15(14(10-13)11-17)19-12-16(18)8-4-2-3-5-9-16/h6-7,10H,2-5,8-9,12,18H2,1H3. The Labute approximate surface area is 115 Å². The van der Waals surface area contributed by atoms with Crippen molar-refractivity contribution in [1.82, 2.24) is 0 Å². The van der Waals surface area contributed by atoms with Gasteiger partial charge in [-0.25, -0.2) is 0 Å². The van der Waals surface area contributed by atoms with Crippen LogP contribution in [0.4, 0.5) is 0 Å². The number of hydrogen-bond donors (Lipinski definition) is 1. The van der Waals surface area contributed by atoms with Crippen molar-refractivity contribution in [3.8, 4) is 11.8 Å². The van der Waals surface area contributed by atoms with Gasteiger partial charge in [-0.3, -0.25) is 0 Å². The van der Waals surface area contributed by atoms with Gasteiger partial charge >= 0.3 is 0 Å². The molecule has 3 heteroatoms. The molecule has 0 aliphatic heterocycles. The lowest BCUT2D eigenvalue weighted by molar-refractivity contribution is 0.199. The van der Waals surface area contributed by atoms with E-state index in [9.17, 15) is 0 Å². The van der Waals surface area contributed by atoms with Crippen LogP contribution in [0.2, 0.25) is 0 Å². The third kappa shape index (κ3) is 3.71. The number of nitriles is 1. The summed E-state index contributed by atoms with van der Waals surface area (Å²) >= 11 is 0. The molecule has 1 aliphatic carbocycles. The SMILES string of the molecule is Cc1ccc(OCC2(N)CCCCCC2)c(C#N)c1. The molecule has 1 saturated carbocycles. The van der Waals surface area contributed by atoms with Gasteiger partial charge in [-0.1, -0.05) is 31.7 Å². The first-order valence-electron chi connectivity index (χ1n) is 7.05. The summed E-state index contributed by atoms with van der Waals surface area (Å²) in [6.07, 6.45) is 6.93. The fourth-order valence-electron chi connectivity index (χ4n) is 2.66. The molecule has 19 heavy (non-hydrogen) atoms. The summed E-state index contributed by atoms with van der Waals surface area (Å²) in [6.45, 7) is 2.48. The van der Waals surface area contributed by atoms with E-state index in [1.165, 1.54) is 25.7 Å². The van der Waals surface area contributed by atoms with E-state index < -0.39 is 0 Å². The molecule has 1 aliphatic rings. The monoisotopic (exact) mass is 258 g/mol. The van der Waals surface area contributed by atoms with E-state index in [0.717, 1.165) is 18.4 Å². The molecule has 0 aromatic heterocycles. The predicted molar refractivity (Wildman–Crippen MR) is 76.0 cm³/mol. The Morgan fingerprint density at radius 1 is 1.26 bits per heavy atom. The van der Waals surface area contributed by atoms with Crippen LogP contribution in [0.15, 0.2) is 18.2 Å². The highest BCUT2D eigenvalue weighted by atomic mass is 16.5. The minimum atomic E-state index is -0.228. The van der Waals surface area contributed by atoms with Crippen molar-refractivity contribution in [1.29, 1.82) is 5.26 Å². The Balaban J connectivity index is 2.03. The molecule has 0 amide bonds. The van der Waals surface area contributed by atoms with E-state index in [-0.39, 0.29) is 5.54 Å². The van der Waals surface area contributed by atoms with Crippen molar-refractivity contribution in [3.63, 3.8) is 0 Å². The molecule has 2 rings (SSSR count). The second kappa shape index (κ2) is 6.08. The van der Waals surface area contributed by atoms with Gasteiger partial charge in [-0.15, -0.1) is 0 Å². The van der Waals surface area contributed by atoms with Crippen molar-refractivity contribution in [3.05, 3.63) is 29.3 Å². The molecule has 1 aromatic carbocycles. The summed E-state index contributed by atoms with van der Waals surface area (Å²) in [7, 11) is 0. The largest absolute Gasteiger partial charge is 0.490 e. The van der Waals surface area contributed by atoms with Crippen LogP contribution in [-0.2, 0) is 0 Å². The smallest absolute Gasteiger partial charge is 0.137 e. The van der Waals surface area contributed by atoms with Crippen molar-refractivity contribution >= 4 is 0 Å². The van der Waals surface area contributed by atoms with Crippen molar-refractivity contribution < 1.29 is 4.74 Å². The molecule has 0 saturated heterocycles. The molecular weight excluding hydrogens is 236 g/mol. The molecule has 2 N–H and O–H groups in total. The van der Waals surface area contributed by atoms with Gasteiger partial charge in [0.2, 0.25) is 0 Å². The highest BCUT2D eigenvalue weighted by molar-refractivity contribution is 5.45. The van der Waals surface area contributed by atoms with E-state index in [1.807, 2.05) is 25.1 Å². The highest BCUT2D eigenvalue weighted by Crippen LogP contribution is 2.27. The highest BCUT2D eigenvalue weighted by Gasteiger charge is 2.27. The topological polar surface area (TPSA) is 59.0 Å². The number of rotatable bonds is 3. The van der Waals surface area contributed by atoms with Crippen LogP contribution in [0.3, 0.4) is 0 Å². The average Bonchev–Trinajstić information content (AvgIpc) is 2.62. The van der Waals surface area contributed by atoms with Crippen LogP contribution in [-0.4, -0.2) is 12.1 Å². The molecule has 0 radical (unpaired) electrons. The molecular formula is C16H22N2O. The van der Waals surface area contributed by atoms with Crippen molar-refractivity contribution in [2.45, 2.75) is 51.0 Å². The second-order valence-electron chi connectivity index (χ2n) is 5.68. The Morgan fingerprint density at radius 3 is 2.58 bits per heavy atom. The van der Waals surface area contributed by atoms with Gasteiger partial charge in [-0.05, 0) is 37.5 Å². The zero-order valence-electron chi connectivity index (χ0n) is 11.6. The van der Waals surface area contributed by atoms with Crippen LogP contribution < -0.4 is 10.5 Å². The maximum Gasteiger partial charge on any atom is 0.137 e. The summed E-state index contributed by atoms with van der Waals surface area (Å²) in [5.74, 6) is 0.655. The summed E-state index contributed by atoms with van der Waals surface area (Å²) in [5.41, 5.74) is 7.86. The van der Waals surface area contributed by atoms with Crippen LogP contribution in [0.5, 0.6) is 5.75 Å². The fourth-order valence-corrected chi connectivity index (χ4v) is 2.66. The summed E-state index contributed by atoms with van der Waals surface area (Å²) in [5, 5.41) is 9.13.